The highest BCUT2D eigenvalue weighted by Gasteiger charge is 2.39. The van der Waals surface area contributed by atoms with Crippen LogP contribution >= 0.6 is 0 Å². The van der Waals surface area contributed by atoms with E-state index < -0.39 is 0 Å². The molecule has 2 atom stereocenters. The number of nitrogens with one attached hydrogen (secondary N) is 1. The molecular weight excluding hydrogens is 300 g/mol. The van der Waals surface area contributed by atoms with Gasteiger partial charge in [-0.1, -0.05) is 0 Å². The van der Waals surface area contributed by atoms with Crippen LogP contribution in [0, 0.1) is 0 Å². The first-order valence-electron chi connectivity index (χ1n) is 8.31. The van der Waals surface area contributed by atoms with Crippen molar-refractivity contribution in [1.29, 1.82) is 0 Å². The summed E-state index contributed by atoms with van der Waals surface area (Å²) in [5.74, 6) is 1.01. The summed E-state index contributed by atoms with van der Waals surface area (Å²) >= 11 is 0. The fraction of sp³-hybridized carbons (Fsp3) is 0.263. The lowest BCUT2D eigenvalue weighted by Crippen LogP contribution is -2.12. The van der Waals surface area contributed by atoms with Gasteiger partial charge in [0.05, 0.1) is 22.4 Å². The number of amides is 1. The van der Waals surface area contributed by atoms with Crippen molar-refractivity contribution in [3.05, 3.63) is 59.7 Å². The van der Waals surface area contributed by atoms with E-state index >= 15 is 0 Å². The number of hydrogen-bond acceptors (Lipinski definition) is 4. The number of benzene rings is 1. The van der Waals surface area contributed by atoms with E-state index in [2.05, 4.69) is 10.3 Å². The molecule has 5 rings (SSSR count). The first kappa shape index (κ1) is 13.6. The smallest absolute Gasteiger partial charge is 0.255 e. The Kier molecular flexibility index (Phi) is 2.89. The molecular formula is C19H16N4O. The van der Waals surface area contributed by atoms with Crippen molar-refractivity contribution in [2.45, 2.75) is 31.1 Å². The van der Waals surface area contributed by atoms with Gasteiger partial charge in [0.15, 0.2) is 0 Å². The summed E-state index contributed by atoms with van der Waals surface area (Å²) in [7, 11) is 0. The average Bonchev–Trinajstić information content (AvgIpc) is 3.22. The minimum absolute atomic E-state index is 0.146. The molecule has 2 bridgehead atoms. The van der Waals surface area contributed by atoms with Crippen molar-refractivity contribution < 1.29 is 4.79 Å². The highest BCUT2D eigenvalue weighted by molar-refractivity contribution is 6.05. The number of hydrogen-bond donors (Lipinski definition) is 1. The largest absolute Gasteiger partial charge is 0.322 e. The molecule has 5 heteroatoms. The molecule has 118 valence electrons. The quantitative estimate of drug-likeness (QED) is 0.783. The van der Waals surface area contributed by atoms with Gasteiger partial charge in [-0.05, 0) is 49.6 Å². The third-order valence-corrected chi connectivity index (χ3v) is 5.13. The zero-order valence-corrected chi connectivity index (χ0v) is 13.1. The molecule has 1 N–H and O–H groups in total. The summed E-state index contributed by atoms with van der Waals surface area (Å²) < 4.78 is 0. The number of pyridine rings is 1. The molecule has 2 aliphatic carbocycles. The van der Waals surface area contributed by atoms with Crippen LogP contribution in [0.1, 0.15) is 52.8 Å². The van der Waals surface area contributed by atoms with E-state index in [1.165, 1.54) is 25.0 Å². The van der Waals surface area contributed by atoms with Crippen LogP contribution in [0.5, 0.6) is 0 Å². The van der Waals surface area contributed by atoms with Crippen LogP contribution in [-0.2, 0) is 0 Å². The molecule has 2 heterocycles. The topological polar surface area (TPSA) is 67.8 Å². The lowest BCUT2D eigenvalue weighted by Gasteiger charge is -2.14. The minimum Gasteiger partial charge on any atom is -0.322 e. The maximum Gasteiger partial charge on any atom is 0.255 e. The van der Waals surface area contributed by atoms with Crippen molar-refractivity contribution in [1.82, 2.24) is 15.0 Å². The van der Waals surface area contributed by atoms with Gasteiger partial charge >= 0.3 is 0 Å². The van der Waals surface area contributed by atoms with Crippen LogP contribution < -0.4 is 5.32 Å². The van der Waals surface area contributed by atoms with Gasteiger partial charge in [0.1, 0.15) is 0 Å². The Hall–Kier alpha value is -2.82. The van der Waals surface area contributed by atoms with Gasteiger partial charge < -0.3 is 5.32 Å². The Bertz CT molecular complexity index is 954. The number of rotatable bonds is 2. The first-order chi connectivity index (χ1) is 11.8. The third-order valence-electron chi connectivity index (χ3n) is 5.13. The van der Waals surface area contributed by atoms with Crippen molar-refractivity contribution in [3.8, 4) is 0 Å². The van der Waals surface area contributed by atoms with E-state index in [-0.39, 0.29) is 5.91 Å². The number of fused-ring (bicyclic) bond motifs is 6. The fourth-order valence-electron chi connectivity index (χ4n) is 3.94. The van der Waals surface area contributed by atoms with Gasteiger partial charge in [-0.25, -0.2) is 9.97 Å². The Balaban J connectivity index is 1.51. The molecule has 2 aliphatic rings. The maximum atomic E-state index is 12.4. The van der Waals surface area contributed by atoms with Crippen LogP contribution in [-0.4, -0.2) is 20.9 Å². The van der Waals surface area contributed by atoms with Crippen LogP contribution in [0.15, 0.2) is 42.7 Å². The average molecular weight is 316 g/mol. The Morgan fingerprint density at radius 2 is 1.67 bits per heavy atom. The number of carbonyl (C=O) groups excluding carboxylic acids is 1. The minimum atomic E-state index is -0.146. The SMILES string of the molecule is O=C(Nc1ccncc1)c1ccc2nc3c(nc2c1)C1CCC3C1. The molecule has 2 unspecified atom stereocenters. The standard InChI is InChI=1S/C19H16N4O/c24-19(21-14-5-7-20-8-6-14)13-3-4-15-16(10-13)23-18-12-2-1-11(9-12)17(18)22-15/h3-8,10-12H,1-2,9H2,(H,20,21,24). The summed E-state index contributed by atoms with van der Waals surface area (Å²) in [6.07, 6.45) is 6.96. The molecule has 0 spiro atoms. The molecule has 1 saturated carbocycles. The highest BCUT2D eigenvalue weighted by atomic mass is 16.1. The molecule has 1 aromatic carbocycles. The summed E-state index contributed by atoms with van der Waals surface area (Å²) in [6.45, 7) is 0. The van der Waals surface area contributed by atoms with E-state index in [0.29, 0.717) is 17.4 Å². The molecule has 1 fully saturated rings. The molecule has 3 aromatic rings. The lowest BCUT2D eigenvalue weighted by atomic mass is 10.00. The van der Waals surface area contributed by atoms with Crippen LogP contribution in [0.4, 0.5) is 5.69 Å². The Morgan fingerprint density at radius 3 is 2.42 bits per heavy atom. The summed E-state index contributed by atoms with van der Waals surface area (Å²) in [6, 6.07) is 9.08. The van der Waals surface area contributed by atoms with E-state index in [1.807, 2.05) is 18.2 Å². The second kappa shape index (κ2) is 5.09. The van der Waals surface area contributed by atoms with Crippen molar-refractivity contribution in [2.24, 2.45) is 0 Å². The molecule has 0 radical (unpaired) electrons. The number of nitrogens with zero attached hydrogens (tertiary/aromatic N) is 3. The van der Waals surface area contributed by atoms with Gasteiger partial charge in [0, 0.05) is 35.5 Å². The molecule has 24 heavy (non-hydrogen) atoms. The highest BCUT2D eigenvalue weighted by Crippen LogP contribution is 2.51. The van der Waals surface area contributed by atoms with E-state index in [4.69, 9.17) is 9.97 Å². The zero-order chi connectivity index (χ0) is 16.1. The Labute approximate surface area is 139 Å². The zero-order valence-electron chi connectivity index (χ0n) is 13.1. The summed E-state index contributed by atoms with van der Waals surface area (Å²) in [5, 5.41) is 2.88. The van der Waals surface area contributed by atoms with E-state index in [9.17, 15) is 4.79 Å². The molecule has 1 amide bonds. The summed E-state index contributed by atoms with van der Waals surface area (Å²) in [4.78, 5) is 26.0. The maximum absolute atomic E-state index is 12.4. The van der Waals surface area contributed by atoms with Crippen LogP contribution in [0.2, 0.25) is 0 Å². The summed E-state index contributed by atoms with van der Waals surface area (Å²) in [5.41, 5.74) is 5.35. The van der Waals surface area contributed by atoms with Crippen LogP contribution in [0.25, 0.3) is 11.0 Å². The Morgan fingerprint density at radius 1 is 0.958 bits per heavy atom. The van der Waals surface area contributed by atoms with E-state index in [0.717, 1.165) is 22.4 Å². The fourth-order valence-corrected chi connectivity index (χ4v) is 3.94. The van der Waals surface area contributed by atoms with E-state index in [1.54, 1.807) is 24.5 Å². The number of aromatic nitrogens is 3. The normalized spacial score (nSPS) is 21.0. The van der Waals surface area contributed by atoms with Gasteiger partial charge in [0.25, 0.3) is 5.91 Å². The second-order valence-electron chi connectivity index (χ2n) is 6.59. The first-order valence-corrected chi connectivity index (χ1v) is 8.31. The van der Waals surface area contributed by atoms with Gasteiger partial charge in [-0.3, -0.25) is 9.78 Å². The van der Waals surface area contributed by atoms with Crippen molar-refractivity contribution >= 4 is 22.6 Å². The molecule has 5 nitrogen and oxygen atoms in total. The van der Waals surface area contributed by atoms with Gasteiger partial charge in [-0.2, -0.15) is 0 Å². The van der Waals surface area contributed by atoms with Gasteiger partial charge in [-0.15, -0.1) is 0 Å². The molecule has 0 saturated heterocycles. The second-order valence-corrected chi connectivity index (χ2v) is 6.59. The predicted molar refractivity (Wildman–Crippen MR) is 91.1 cm³/mol. The third kappa shape index (κ3) is 2.08. The van der Waals surface area contributed by atoms with Gasteiger partial charge in [0.2, 0.25) is 0 Å². The van der Waals surface area contributed by atoms with Crippen molar-refractivity contribution in [3.63, 3.8) is 0 Å². The number of anilines is 1. The predicted octanol–water partition coefficient (Wildman–Crippen LogP) is 3.64. The number of carbonyl (C=O) groups is 1. The monoisotopic (exact) mass is 316 g/mol. The van der Waals surface area contributed by atoms with Crippen molar-refractivity contribution in [2.75, 3.05) is 5.32 Å². The van der Waals surface area contributed by atoms with Crippen LogP contribution in [0.3, 0.4) is 0 Å². The molecule has 0 aliphatic heterocycles. The lowest BCUT2D eigenvalue weighted by molar-refractivity contribution is 0.102. The molecule has 2 aromatic heterocycles.